The van der Waals surface area contributed by atoms with Gasteiger partial charge in [0.25, 0.3) is 5.91 Å². The summed E-state index contributed by atoms with van der Waals surface area (Å²) in [6.45, 7) is 3.90. The second kappa shape index (κ2) is 7.87. The van der Waals surface area contributed by atoms with Crippen molar-refractivity contribution >= 4 is 5.91 Å². The van der Waals surface area contributed by atoms with Crippen molar-refractivity contribution in [3.05, 3.63) is 118 Å². The fourth-order valence-electron chi connectivity index (χ4n) is 5.77. The van der Waals surface area contributed by atoms with Crippen LogP contribution in [-0.4, -0.2) is 15.7 Å². The molecule has 2 unspecified atom stereocenters. The molecule has 0 radical (unpaired) electrons. The number of hydrogen-bond acceptors (Lipinski definition) is 2. The summed E-state index contributed by atoms with van der Waals surface area (Å²) in [4.78, 5) is 13.7. The van der Waals surface area contributed by atoms with Gasteiger partial charge in [0.15, 0.2) is 11.5 Å². The number of fused-ring (bicyclic) bond motifs is 1. The predicted molar refractivity (Wildman–Crippen MR) is 130 cm³/mol. The zero-order valence-electron chi connectivity index (χ0n) is 19.6. The molecule has 1 amide bonds. The monoisotopic (exact) mass is 469 g/mol. The largest absolute Gasteiger partial charge is 0.342 e. The Bertz CT molecular complexity index is 1460. The lowest BCUT2D eigenvalue weighted by molar-refractivity contribution is 0.0905. The van der Waals surface area contributed by atoms with Crippen LogP contribution < -0.4 is 5.32 Å². The molecular formula is C29H25F2N3O. The lowest BCUT2D eigenvalue weighted by Crippen LogP contribution is -2.41. The number of hydrogen-bond donors (Lipinski definition) is 1. The van der Waals surface area contributed by atoms with Gasteiger partial charge in [-0.1, -0.05) is 54.6 Å². The number of aromatic nitrogens is 2. The molecule has 0 spiro atoms. The van der Waals surface area contributed by atoms with Gasteiger partial charge in [0.05, 0.1) is 11.2 Å². The fraction of sp³-hybridized carbons (Fsp3) is 0.241. The number of rotatable bonds is 4. The Kier molecular flexibility index (Phi) is 4.88. The minimum atomic E-state index is -0.707. The summed E-state index contributed by atoms with van der Waals surface area (Å²) < 4.78 is 30.2. The van der Waals surface area contributed by atoms with E-state index in [-0.39, 0.29) is 23.4 Å². The van der Waals surface area contributed by atoms with E-state index in [1.54, 1.807) is 0 Å². The van der Waals surface area contributed by atoms with E-state index < -0.39 is 17.2 Å². The Labute approximate surface area is 202 Å². The summed E-state index contributed by atoms with van der Waals surface area (Å²) in [5, 5.41) is 7.84. The third-order valence-corrected chi connectivity index (χ3v) is 7.40. The molecule has 2 atom stereocenters. The van der Waals surface area contributed by atoms with Gasteiger partial charge in [0.1, 0.15) is 11.5 Å². The topological polar surface area (TPSA) is 46.9 Å². The van der Waals surface area contributed by atoms with Crippen LogP contribution in [0.5, 0.6) is 0 Å². The van der Waals surface area contributed by atoms with E-state index in [2.05, 4.69) is 17.4 Å². The molecule has 1 aromatic heterocycles. The maximum absolute atomic E-state index is 14.9. The Morgan fingerprint density at radius 1 is 0.943 bits per heavy atom. The normalized spacial score (nSPS) is 18.2. The highest BCUT2D eigenvalue weighted by Gasteiger charge is 2.44. The molecule has 1 N–H and O–H groups in total. The Morgan fingerprint density at radius 3 is 2.31 bits per heavy atom. The van der Waals surface area contributed by atoms with Gasteiger partial charge in [-0.2, -0.15) is 5.10 Å². The van der Waals surface area contributed by atoms with Crippen LogP contribution in [0.2, 0.25) is 0 Å². The first-order valence-corrected chi connectivity index (χ1v) is 11.9. The number of benzene rings is 3. The van der Waals surface area contributed by atoms with Crippen molar-refractivity contribution < 1.29 is 13.6 Å². The molecular weight excluding hydrogens is 444 g/mol. The van der Waals surface area contributed by atoms with Crippen molar-refractivity contribution in [2.24, 2.45) is 0 Å². The standard InChI is InChI=1S/C29H25F2N3O/c1-29(2,17-8-4-3-5-9-17)32-28(35)26-25-21-13-14-22(20-11-7-6-10-19(20)21)27(25)34(33-26)24-15-12-18(30)16-23(24)31/h3-12,15-16,21-22H,13-14H2,1-2H3,(H,32,35). The molecule has 3 aliphatic carbocycles. The molecule has 6 heteroatoms. The van der Waals surface area contributed by atoms with Crippen molar-refractivity contribution in [2.75, 3.05) is 0 Å². The average molecular weight is 470 g/mol. The zero-order chi connectivity index (χ0) is 24.3. The Morgan fingerprint density at radius 2 is 1.60 bits per heavy atom. The number of carbonyl (C=O) groups excluding carboxylic acids is 1. The van der Waals surface area contributed by atoms with Crippen molar-refractivity contribution in [3.63, 3.8) is 0 Å². The van der Waals surface area contributed by atoms with Gasteiger partial charge in [0, 0.05) is 23.5 Å². The molecule has 176 valence electrons. The van der Waals surface area contributed by atoms with Crippen LogP contribution in [0.4, 0.5) is 8.78 Å². The van der Waals surface area contributed by atoms with E-state index in [0.717, 1.165) is 35.7 Å². The smallest absolute Gasteiger partial charge is 0.272 e. The summed E-state index contributed by atoms with van der Waals surface area (Å²) >= 11 is 0. The van der Waals surface area contributed by atoms with E-state index in [0.29, 0.717) is 5.69 Å². The van der Waals surface area contributed by atoms with Gasteiger partial charge in [-0.3, -0.25) is 4.79 Å². The summed E-state index contributed by atoms with van der Waals surface area (Å²) in [5.41, 5.74) is 4.85. The second-order valence-corrected chi connectivity index (χ2v) is 9.91. The lowest BCUT2D eigenvalue weighted by Gasteiger charge is -2.39. The fourth-order valence-corrected chi connectivity index (χ4v) is 5.77. The van der Waals surface area contributed by atoms with E-state index in [9.17, 15) is 13.6 Å². The molecule has 1 heterocycles. The van der Waals surface area contributed by atoms with Crippen LogP contribution in [0.1, 0.15) is 77.0 Å². The third kappa shape index (κ3) is 3.39. The first-order chi connectivity index (χ1) is 16.8. The van der Waals surface area contributed by atoms with Gasteiger partial charge in [-0.25, -0.2) is 13.5 Å². The van der Waals surface area contributed by atoms with Crippen LogP contribution in [0, 0.1) is 11.6 Å². The lowest BCUT2D eigenvalue weighted by atomic mass is 9.65. The highest BCUT2D eigenvalue weighted by atomic mass is 19.1. The molecule has 0 fully saturated rings. The maximum Gasteiger partial charge on any atom is 0.272 e. The number of amides is 1. The summed E-state index contributed by atoms with van der Waals surface area (Å²) in [7, 11) is 0. The van der Waals surface area contributed by atoms with E-state index in [4.69, 9.17) is 5.10 Å². The second-order valence-electron chi connectivity index (χ2n) is 9.91. The van der Waals surface area contributed by atoms with Gasteiger partial charge in [-0.05, 0) is 55.5 Å². The highest BCUT2D eigenvalue weighted by Crippen LogP contribution is 2.54. The minimum absolute atomic E-state index is 0.00375. The van der Waals surface area contributed by atoms with Gasteiger partial charge < -0.3 is 5.32 Å². The summed E-state index contributed by atoms with van der Waals surface area (Å²) in [6.07, 6.45) is 1.79. The van der Waals surface area contributed by atoms with Crippen LogP contribution in [0.3, 0.4) is 0 Å². The molecule has 4 aromatic rings. The predicted octanol–water partition coefficient (Wildman–Crippen LogP) is 6.19. The number of halogens is 2. The third-order valence-electron chi connectivity index (χ3n) is 7.40. The van der Waals surface area contributed by atoms with E-state index >= 15 is 0 Å². The maximum atomic E-state index is 14.9. The van der Waals surface area contributed by atoms with Crippen molar-refractivity contribution in [1.82, 2.24) is 15.1 Å². The number of nitrogens with zero attached hydrogens (tertiary/aromatic N) is 2. The van der Waals surface area contributed by atoms with Crippen LogP contribution in [-0.2, 0) is 5.54 Å². The highest BCUT2D eigenvalue weighted by molar-refractivity contribution is 5.95. The SMILES string of the molecule is CC(C)(NC(=O)c1nn(-c2ccc(F)cc2F)c2c1C1CCC2c2ccccc21)c1ccccc1. The summed E-state index contributed by atoms with van der Waals surface area (Å²) in [5.74, 6) is -1.67. The van der Waals surface area contributed by atoms with Crippen LogP contribution in [0.25, 0.3) is 5.69 Å². The van der Waals surface area contributed by atoms with Crippen LogP contribution >= 0.6 is 0 Å². The van der Waals surface area contributed by atoms with Gasteiger partial charge in [0.2, 0.25) is 0 Å². The molecule has 2 bridgehead atoms. The first-order valence-electron chi connectivity index (χ1n) is 11.9. The molecule has 0 saturated carbocycles. The molecule has 3 aromatic carbocycles. The molecule has 0 saturated heterocycles. The average Bonchev–Trinajstić information content (AvgIpc) is 3.27. The van der Waals surface area contributed by atoms with Crippen LogP contribution in [0.15, 0.2) is 72.8 Å². The van der Waals surface area contributed by atoms with E-state index in [1.807, 2.05) is 56.3 Å². The Balaban J connectivity index is 1.51. The molecule has 35 heavy (non-hydrogen) atoms. The minimum Gasteiger partial charge on any atom is -0.342 e. The van der Waals surface area contributed by atoms with Gasteiger partial charge in [-0.15, -0.1) is 0 Å². The quantitative estimate of drug-likeness (QED) is 0.388. The molecule has 4 nitrogen and oxygen atoms in total. The van der Waals surface area contributed by atoms with Crippen molar-refractivity contribution in [2.45, 2.75) is 44.1 Å². The Hall–Kier alpha value is -3.80. The number of nitrogens with one attached hydrogen (secondary N) is 1. The molecule has 7 rings (SSSR count). The van der Waals surface area contributed by atoms with Gasteiger partial charge >= 0.3 is 0 Å². The summed E-state index contributed by atoms with van der Waals surface area (Å²) in [6, 6.07) is 21.5. The zero-order valence-corrected chi connectivity index (χ0v) is 19.6. The first kappa shape index (κ1) is 21.7. The van der Waals surface area contributed by atoms with E-state index in [1.165, 1.54) is 27.9 Å². The van der Waals surface area contributed by atoms with Crippen molar-refractivity contribution in [1.29, 1.82) is 0 Å². The molecule has 3 aliphatic rings. The molecule has 0 aliphatic heterocycles. The number of carbonyl (C=O) groups is 1. The van der Waals surface area contributed by atoms with Crippen molar-refractivity contribution in [3.8, 4) is 5.69 Å².